The van der Waals surface area contributed by atoms with Gasteiger partial charge in [-0.3, -0.25) is 14.9 Å². The van der Waals surface area contributed by atoms with E-state index < -0.39 is 20.7 Å². The zero-order valence-corrected chi connectivity index (χ0v) is 12.0. The van der Waals surface area contributed by atoms with Gasteiger partial charge in [0.2, 0.25) is 9.84 Å². The summed E-state index contributed by atoms with van der Waals surface area (Å²) in [5.41, 5.74) is 0.0832. The van der Waals surface area contributed by atoms with Crippen LogP contribution in [0.25, 0.3) is 0 Å². The van der Waals surface area contributed by atoms with Crippen LogP contribution in [-0.2, 0) is 21.1 Å². The molecule has 116 valence electrons. The van der Waals surface area contributed by atoms with Crippen LogP contribution in [0.3, 0.4) is 0 Å². The summed E-state index contributed by atoms with van der Waals surface area (Å²) in [4.78, 5) is 23.2. The number of non-ortho nitro benzene ring substituents is 1. The molecule has 1 heterocycles. The van der Waals surface area contributed by atoms with Crippen LogP contribution in [0.2, 0.25) is 0 Å². The fraction of sp³-hybridized carbons (Fsp3) is 0.154. The Morgan fingerprint density at radius 2 is 1.86 bits per heavy atom. The third kappa shape index (κ3) is 3.14. The lowest BCUT2D eigenvalue weighted by atomic mass is 10.2. The van der Waals surface area contributed by atoms with Crippen LogP contribution in [-0.4, -0.2) is 29.4 Å². The van der Waals surface area contributed by atoms with E-state index in [-0.39, 0.29) is 28.3 Å². The Bertz CT molecular complexity index is 807. The van der Waals surface area contributed by atoms with Gasteiger partial charge in [-0.15, -0.1) is 0 Å². The van der Waals surface area contributed by atoms with Gasteiger partial charge in [0.15, 0.2) is 0 Å². The molecule has 2 aromatic rings. The van der Waals surface area contributed by atoms with E-state index in [0.29, 0.717) is 5.69 Å². The number of hydrogen-bond donors (Lipinski definition) is 2. The lowest BCUT2D eigenvalue weighted by Crippen LogP contribution is -2.06. The fourth-order valence-corrected chi connectivity index (χ4v) is 3.42. The predicted octanol–water partition coefficient (Wildman–Crippen LogP) is 1.77. The van der Waals surface area contributed by atoms with Gasteiger partial charge in [0.1, 0.15) is 0 Å². The molecule has 0 amide bonds. The molecule has 0 bridgehead atoms. The van der Waals surface area contributed by atoms with Crippen LogP contribution in [0, 0.1) is 10.1 Å². The van der Waals surface area contributed by atoms with E-state index in [9.17, 15) is 23.3 Å². The van der Waals surface area contributed by atoms with Crippen molar-refractivity contribution in [2.75, 3.05) is 0 Å². The van der Waals surface area contributed by atoms with Crippen molar-refractivity contribution in [3.63, 3.8) is 0 Å². The maximum absolute atomic E-state index is 12.5. The first-order valence-electron chi connectivity index (χ1n) is 6.20. The average molecular weight is 324 g/mol. The summed E-state index contributed by atoms with van der Waals surface area (Å²) in [6.07, 6.45) is 1.25. The van der Waals surface area contributed by atoms with E-state index >= 15 is 0 Å². The van der Waals surface area contributed by atoms with Crippen molar-refractivity contribution in [1.29, 1.82) is 0 Å². The third-order valence-corrected chi connectivity index (χ3v) is 4.88. The third-order valence-electron chi connectivity index (χ3n) is 3.03. The van der Waals surface area contributed by atoms with Gasteiger partial charge < -0.3 is 10.1 Å². The molecule has 2 N–H and O–H groups in total. The number of aliphatic carboxylic acids is 1. The number of nitro groups is 1. The summed E-state index contributed by atoms with van der Waals surface area (Å²) in [6, 6.07) is 5.86. The highest BCUT2D eigenvalue weighted by molar-refractivity contribution is 7.91. The molecule has 0 radical (unpaired) electrons. The van der Waals surface area contributed by atoms with Crippen LogP contribution in [0.5, 0.6) is 0 Å². The number of hydrogen-bond acceptors (Lipinski definition) is 5. The normalized spacial score (nSPS) is 11.3. The highest BCUT2D eigenvalue weighted by Gasteiger charge is 2.23. The van der Waals surface area contributed by atoms with Gasteiger partial charge in [-0.2, -0.15) is 0 Å². The monoisotopic (exact) mass is 324 g/mol. The van der Waals surface area contributed by atoms with Crippen molar-refractivity contribution in [3.8, 4) is 0 Å². The van der Waals surface area contributed by atoms with Gasteiger partial charge in [0.05, 0.1) is 21.1 Å². The Kier molecular flexibility index (Phi) is 4.27. The summed E-state index contributed by atoms with van der Waals surface area (Å²) in [5, 5.41) is 19.3. The molecule has 1 aromatic heterocycles. The zero-order chi connectivity index (χ0) is 16.3. The number of H-pyrrole nitrogens is 1. The van der Waals surface area contributed by atoms with Crippen molar-refractivity contribution < 1.29 is 23.2 Å². The van der Waals surface area contributed by atoms with Crippen LogP contribution in [0.15, 0.2) is 46.3 Å². The second-order valence-corrected chi connectivity index (χ2v) is 6.39. The molecule has 0 spiro atoms. The van der Waals surface area contributed by atoms with Gasteiger partial charge in [-0.1, -0.05) is 0 Å². The first kappa shape index (κ1) is 15.7. The molecule has 8 nitrogen and oxygen atoms in total. The van der Waals surface area contributed by atoms with Gasteiger partial charge in [-0.05, 0) is 24.6 Å². The maximum atomic E-state index is 12.5. The van der Waals surface area contributed by atoms with E-state index in [4.69, 9.17) is 5.11 Å². The Balaban J connectivity index is 2.36. The standard InChI is InChI=1S/C13H12N2O6S/c16-13(17)6-5-11-12(7-8-14-11)22(20,21)10-3-1-9(2-4-10)15(18)19/h1-4,7-8,14H,5-6H2,(H,16,17). The molecule has 0 saturated heterocycles. The number of nitrogens with zero attached hydrogens (tertiary/aromatic N) is 1. The van der Waals surface area contributed by atoms with Crippen molar-refractivity contribution in [3.05, 3.63) is 52.3 Å². The average Bonchev–Trinajstić information content (AvgIpc) is 2.94. The first-order chi connectivity index (χ1) is 10.3. The summed E-state index contributed by atoms with van der Waals surface area (Å²) < 4.78 is 25.0. The van der Waals surface area contributed by atoms with Crippen LogP contribution >= 0.6 is 0 Å². The van der Waals surface area contributed by atoms with Crippen LogP contribution in [0.4, 0.5) is 5.69 Å². The second kappa shape index (κ2) is 5.98. The summed E-state index contributed by atoms with van der Waals surface area (Å²) in [6.45, 7) is 0. The van der Waals surface area contributed by atoms with Crippen molar-refractivity contribution in [2.24, 2.45) is 0 Å². The van der Waals surface area contributed by atoms with E-state index in [1.807, 2.05) is 0 Å². The highest BCUT2D eigenvalue weighted by atomic mass is 32.2. The molecular formula is C13H12N2O6S. The fourth-order valence-electron chi connectivity index (χ4n) is 1.94. The number of aryl methyl sites for hydroxylation is 1. The lowest BCUT2D eigenvalue weighted by molar-refractivity contribution is -0.384. The molecule has 0 fully saturated rings. The van der Waals surface area contributed by atoms with Gasteiger partial charge in [0.25, 0.3) is 5.69 Å². The molecule has 0 unspecified atom stereocenters. The minimum Gasteiger partial charge on any atom is -0.481 e. The smallest absolute Gasteiger partial charge is 0.303 e. The zero-order valence-electron chi connectivity index (χ0n) is 11.2. The molecule has 0 aliphatic heterocycles. The number of carboxylic acids is 1. The van der Waals surface area contributed by atoms with Crippen molar-refractivity contribution >= 4 is 21.5 Å². The minimum atomic E-state index is -3.86. The van der Waals surface area contributed by atoms with E-state index in [1.165, 1.54) is 12.3 Å². The molecule has 0 saturated carbocycles. The Hall–Kier alpha value is -2.68. The summed E-state index contributed by atoms with van der Waals surface area (Å²) in [7, 11) is -3.86. The summed E-state index contributed by atoms with van der Waals surface area (Å²) >= 11 is 0. The molecule has 0 aliphatic carbocycles. The Morgan fingerprint density at radius 3 is 2.41 bits per heavy atom. The molecule has 9 heteroatoms. The Morgan fingerprint density at radius 1 is 1.23 bits per heavy atom. The maximum Gasteiger partial charge on any atom is 0.303 e. The van der Waals surface area contributed by atoms with E-state index in [0.717, 1.165) is 24.3 Å². The van der Waals surface area contributed by atoms with E-state index in [2.05, 4.69) is 4.98 Å². The number of nitrogens with one attached hydrogen (secondary N) is 1. The number of aromatic amines is 1. The molecular weight excluding hydrogens is 312 g/mol. The number of carbonyl (C=O) groups is 1. The topological polar surface area (TPSA) is 130 Å². The van der Waals surface area contributed by atoms with Crippen molar-refractivity contribution in [2.45, 2.75) is 22.6 Å². The highest BCUT2D eigenvalue weighted by Crippen LogP contribution is 2.26. The van der Waals surface area contributed by atoms with Gasteiger partial charge in [-0.25, -0.2) is 8.42 Å². The SMILES string of the molecule is O=C(O)CCc1[nH]ccc1S(=O)(=O)c1ccc([N+](=O)[O-])cc1. The molecule has 22 heavy (non-hydrogen) atoms. The number of nitro benzene ring substituents is 1. The summed E-state index contributed by atoms with van der Waals surface area (Å²) in [5.74, 6) is -1.03. The quantitative estimate of drug-likeness (QED) is 0.615. The second-order valence-electron chi connectivity index (χ2n) is 4.47. The number of carboxylic acid groups (broad SMARTS) is 1. The molecule has 1 aromatic carbocycles. The van der Waals surface area contributed by atoms with Gasteiger partial charge in [0, 0.05) is 24.0 Å². The predicted molar refractivity (Wildman–Crippen MR) is 75.3 cm³/mol. The van der Waals surface area contributed by atoms with E-state index in [1.54, 1.807) is 0 Å². The first-order valence-corrected chi connectivity index (χ1v) is 7.68. The Labute approximate surface area is 125 Å². The lowest BCUT2D eigenvalue weighted by Gasteiger charge is -2.05. The van der Waals surface area contributed by atoms with Crippen LogP contribution < -0.4 is 0 Å². The molecule has 2 rings (SSSR count). The number of aromatic nitrogens is 1. The molecule has 0 aliphatic rings. The number of benzene rings is 1. The van der Waals surface area contributed by atoms with Crippen LogP contribution in [0.1, 0.15) is 12.1 Å². The largest absolute Gasteiger partial charge is 0.481 e. The van der Waals surface area contributed by atoms with Crippen molar-refractivity contribution in [1.82, 2.24) is 4.98 Å². The van der Waals surface area contributed by atoms with Gasteiger partial charge >= 0.3 is 5.97 Å². The minimum absolute atomic E-state index is 0.0254. The number of rotatable bonds is 6. The molecule has 0 atom stereocenters. The number of sulfone groups is 1.